The van der Waals surface area contributed by atoms with Gasteiger partial charge in [0.25, 0.3) is 0 Å². The summed E-state index contributed by atoms with van der Waals surface area (Å²) in [6, 6.07) is 0. The Labute approximate surface area is 181 Å². The van der Waals surface area contributed by atoms with Crippen LogP contribution in [0.15, 0.2) is 11.1 Å². The first-order chi connectivity index (χ1) is 13.7. The van der Waals surface area contributed by atoms with Crippen LogP contribution in [0.5, 0.6) is 0 Å². The van der Waals surface area contributed by atoms with E-state index in [1.165, 1.54) is 64.2 Å². The van der Waals surface area contributed by atoms with Gasteiger partial charge in [-0.3, -0.25) is 0 Å². The Morgan fingerprint density at radius 3 is 2.45 bits per heavy atom. The standard InChI is InChI=1S/C28H48O/c1-18(2)8-7-9-19(3)22-12-13-24-21-10-11-23-20(4)26(29)15-17-28(23,6)25(21)14-16-27(22,24)5/h18-20,22-23,25-26,29H,7-17H2,1-6H3/t19-,20?,22-,23?,25+,26-,27-,28+/m1/s1. The van der Waals surface area contributed by atoms with E-state index >= 15 is 0 Å². The van der Waals surface area contributed by atoms with E-state index in [0.717, 1.165) is 36.0 Å². The van der Waals surface area contributed by atoms with E-state index < -0.39 is 0 Å². The average Bonchev–Trinajstić information content (AvgIpc) is 3.02. The number of allylic oxidation sites excluding steroid dienone is 2. The molecule has 0 aromatic heterocycles. The highest BCUT2D eigenvalue weighted by atomic mass is 16.3. The van der Waals surface area contributed by atoms with Gasteiger partial charge in [0, 0.05) is 0 Å². The highest BCUT2D eigenvalue weighted by Gasteiger charge is 2.56. The van der Waals surface area contributed by atoms with Crippen molar-refractivity contribution in [1.82, 2.24) is 0 Å². The zero-order valence-corrected chi connectivity index (χ0v) is 20.3. The summed E-state index contributed by atoms with van der Waals surface area (Å²) in [7, 11) is 0. The van der Waals surface area contributed by atoms with Gasteiger partial charge >= 0.3 is 0 Å². The van der Waals surface area contributed by atoms with Gasteiger partial charge in [0.15, 0.2) is 0 Å². The van der Waals surface area contributed by atoms with Gasteiger partial charge in [0.1, 0.15) is 0 Å². The van der Waals surface area contributed by atoms with Crippen LogP contribution in [0.3, 0.4) is 0 Å². The Bertz CT molecular complexity index is 632. The molecule has 0 radical (unpaired) electrons. The smallest absolute Gasteiger partial charge is 0.0568 e. The third-order valence-electron chi connectivity index (χ3n) is 10.7. The molecular weight excluding hydrogens is 352 g/mol. The van der Waals surface area contributed by atoms with Crippen LogP contribution in [0.4, 0.5) is 0 Å². The number of aliphatic hydroxyl groups is 1. The summed E-state index contributed by atoms with van der Waals surface area (Å²) < 4.78 is 0. The average molecular weight is 401 g/mol. The predicted molar refractivity (Wildman–Crippen MR) is 124 cm³/mol. The third kappa shape index (κ3) is 3.56. The van der Waals surface area contributed by atoms with Crippen LogP contribution >= 0.6 is 0 Å². The fraction of sp³-hybridized carbons (Fsp3) is 0.929. The number of rotatable bonds is 5. The zero-order valence-electron chi connectivity index (χ0n) is 20.3. The largest absolute Gasteiger partial charge is 0.393 e. The predicted octanol–water partition coefficient (Wildman–Crippen LogP) is 7.78. The van der Waals surface area contributed by atoms with Crippen molar-refractivity contribution in [2.45, 2.75) is 118 Å². The van der Waals surface area contributed by atoms with E-state index in [-0.39, 0.29) is 6.10 Å². The minimum absolute atomic E-state index is 0.0568. The molecule has 4 rings (SSSR count). The Morgan fingerprint density at radius 2 is 1.72 bits per heavy atom. The fourth-order valence-electron chi connectivity index (χ4n) is 8.95. The van der Waals surface area contributed by atoms with E-state index in [1.54, 1.807) is 0 Å². The van der Waals surface area contributed by atoms with Gasteiger partial charge in [0.2, 0.25) is 0 Å². The van der Waals surface area contributed by atoms with Crippen LogP contribution in [0.1, 0.15) is 112 Å². The van der Waals surface area contributed by atoms with Crippen molar-refractivity contribution in [2.24, 2.45) is 46.3 Å². The summed E-state index contributed by atoms with van der Waals surface area (Å²) in [6.45, 7) is 14.9. The SMILES string of the molecule is CC(C)CCC[C@@H](C)[C@H]1CCC2=C3CCC4C(C)[C@H](O)CC[C@]4(C)[C@H]3CC[C@@]21C. The normalized spacial score (nSPS) is 45.7. The molecule has 1 heteroatoms. The molecule has 2 unspecified atom stereocenters. The van der Waals surface area contributed by atoms with Crippen molar-refractivity contribution < 1.29 is 5.11 Å². The van der Waals surface area contributed by atoms with Gasteiger partial charge in [-0.25, -0.2) is 0 Å². The van der Waals surface area contributed by atoms with Crippen molar-refractivity contribution in [3.05, 3.63) is 11.1 Å². The first-order valence-electron chi connectivity index (χ1n) is 13.1. The van der Waals surface area contributed by atoms with Gasteiger partial charge in [0.05, 0.1) is 6.10 Å². The lowest BCUT2D eigenvalue weighted by Crippen LogP contribution is -2.51. The first kappa shape index (κ1) is 21.9. The molecule has 166 valence electrons. The Morgan fingerprint density at radius 1 is 0.966 bits per heavy atom. The van der Waals surface area contributed by atoms with Gasteiger partial charge in [-0.2, -0.15) is 0 Å². The minimum Gasteiger partial charge on any atom is -0.393 e. The molecule has 0 aromatic carbocycles. The van der Waals surface area contributed by atoms with Crippen LogP contribution < -0.4 is 0 Å². The monoisotopic (exact) mass is 400 g/mol. The summed E-state index contributed by atoms with van der Waals surface area (Å²) in [6.07, 6.45) is 14.8. The molecule has 1 N–H and O–H groups in total. The number of hydrogen-bond donors (Lipinski definition) is 1. The molecular formula is C28H48O. The highest BCUT2D eigenvalue weighted by molar-refractivity contribution is 5.35. The summed E-state index contributed by atoms with van der Waals surface area (Å²) in [5.74, 6) is 4.68. The summed E-state index contributed by atoms with van der Waals surface area (Å²) >= 11 is 0. The lowest BCUT2D eigenvalue weighted by molar-refractivity contribution is -0.0779. The summed E-state index contributed by atoms with van der Waals surface area (Å²) in [5.41, 5.74) is 4.78. The summed E-state index contributed by atoms with van der Waals surface area (Å²) in [5, 5.41) is 10.5. The highest BCUT2D eigenvalue weighted by Crippen LogP contribution is 2.66. The van der Waals surface area contributed by atoms with E-state index in [9.17, 15) is 5.11 Å². The maximum Gasteiger partial charge on any atom is 0.0568 e. The van der Waals surface area contributed by atoms with Crippen molar-refractivity contribution in [3.8, 4) is 0 Å². The zero-order chi connectivity index (χ0) is 21.0. The molecule has 3 saturated carbocycles. The van der Waals surface area contributed by atoms with Crippen LogP contribution in [0.25, 0.3) is 0 Å². The minimum atomic E-state index is -0.0568. The fourth-order valence-corrected chi connectivity index (χ4v) is 8.95. The molecule has 4 aliphatic carbocycles. The second-order valence-corrected chi connectivity index (χ2v) is 12.6. The van der Waals surface area contributed by atoms with Crippen molar-refractivity contribution in [3.63, 3.8) is 0 Å². The quantitative estimate of drug-likeness (QED) is 0.467. The van der Waals surface area contributed by atoms with Gasteiger partial charge in [-0.15, -0.1) is 0 Å². The van der Waals surface area contributed by atoms with Crippen LogP contribution in [0, 0.1) is 46.3 Å². The molecule has 0 bridgehead atoms. The van der Waals surface area contributed by atoms with Crippen molar-refractivity contribution in [1.29, 1.82) is 0 Å². The molecule has 0 amide bonds. The molecule has 8 atom stereocenters. The van der Waals surface area contributed by atoms with E-state index in [2.05, 4.69) is 41.5 Å². The Hall–Kier alpha value is -0.300. The van der Waals surface area contributed by atoms with E-state index in [0.29, 0.717) is 16.7 Å². The van der Waals surface area contributed by atoms with Crippen LogP contribution in [-0.2, 0) is 0 Å². The number of fused-ring (bicyclic) bond motifs is 4. The number of hydrogen-bond acceptors (Lipinski definition) is 1. The third-order valence-corrected chi connectivity index (χ3v) is 10.7. The Balaban J connectivity index is 1.55. The maximum atomic E-state index is 10.5. The molecule has 1 nitrogen and oxygen atoms in total. The molecule has 0 heterocycles. The van der Waals surface area contributed by atoms with Gasteiger partial charge < -0.3 is 5.11 Å². The van der Waals surface area contributed by atoms with Crippen molar-refractivity contribution in [2.75, 3.05) is 0 Å². The van der Waals surface area contributed by atoms with Gasteiger partial charge in [-0.05, 0) is 97.7 Å². The molecule has 0 aliphatic heterocycles. The molecule has 0 spiro atoms. The molecule has 0 saturated heterocycles. The Kier molecular flexibility index (Phi) is 6.04. The van der Waals surface area contributed by atoms with Crippen molar-refractivity contribution >= 4 is 0 Å². The molecule has 0 aromatic rings. The summed E-state index contributed by atoms with van der Waals surface area (Å²) in [4.78, 5) is 0. The molecule has 4 aliphatic rings. The topological polar surface area (TPSA) is 20.2 Å². The second-order valence-electron chi connectivity index (χ2n) is 12.6. The maximum absolute atomic E-state index is 10.5. The second kappa shape index (κ2) is 7.99. The number of aliphatic hydroxyl groups excluding tert-OH is 1. The van der Waals surface area contributed by atoms with Crippen LogP contribution in [-0.4, -0.2) is 11.2 Å². The molecule has 29 heavy (non-hydrogen) atoms. The van der Waals surface area contributed by atoms with Gasteiger partial charge in [-0.1, -0.05) is 72.0 Å². The lowest BCUT2D eigenvalue weighted by Gasteiger charge is -2.58. The van der Waals surface area contributed by atoms with Crippen LogP contribution in [0.2, 0.25) is 0 Å². The van der Waals surface area contributed by atoms with E-state index in [4.69, 9.17) is 0 Å². The first-order valence-corrected chi connectivity index (χ1v) is 13.1. The lowest BCUT2D eigenvalue weighted by atomic mass is 9.47. The van der Waals surface area contributed by atoms with E-state index in [1.807, 2.05) is 11.1 Å². The molecule has 3 fully saturated rings.